The average molecular weight is 244 g/mol. The van der Waals surface area contributed by atoms with Gasteiger partial charge >= 0.3 is 0 Å². The van der Waals surface area contributed by atoms with Crippen LogP contribution in [0.15, 0.2) is 0 Å². The summed E-state index contributed by atoms with van der Waals surface area (Å²) in [6.45, 7) is 9.08. The lowest BCUT2D eigenvalue weighted by Gasteiger charge is -2.33. The fourth-order valence-electron chi connectivity index (χ4n) is 2.00. The maximum absolute atomic E-state index is 5.38. The van der Waals surface area contributed by atoms with Gasteiger partial charge in [-0.25, -0.2) is 0 Å². The van der Waals surface area contributed by atoms with Gasteiger partial charge < -0.3 is 15.0 Å². The molecule has 0 aromatic carbocycles. The van der Waals surface area contributed by atoms with Crippen LogP contribution in [0.4, 0.5) is 0 Å². The van der Waals surface area contributed by atoms with Crippen molar-refractivity contribution in [1.29, 1.82) is 0 Å². The highest BCUT2D eigenvalue weighted by Crippen LogP contribution is 2.15. The Labute approximate surface area is 105 Å². The molecule has 0 bridgehead atoms. The minimum atomic E-state index is 0.775. The van der Waals surface area contributed by atoms with Crippen LogP contribution in [0.25, 0.3) is 0 Å². The minimum Gasteiger partial charge on any atom is -0.382 e. The number of nitrogens with one attached hydrogen (secondary N) is 1. The van der Waals surface area contributed by atoms with Gasteiger partial charge in [-0.2, -0.15) is 0 Å². The van der Waals surface area contributed by atoms with Crippen molar-refractivity contribution in [3.63, 3.8) is 0 Å². The van der Waals surface area contributed by atoms with Gasteiger partial charge in [0.2, 0.25) is 0 Å². The molecule has 0 aromatic rings. The maximum atomic E-state index is 5.38. The van der Waals surface area contributed by atoms with E-state index in [1.807, 2.05) is 6.92 Å². The zero-order valence-corrected chi connectivity index (χ0v) is 11.3. The lowest BCUT2D eigenvalue weighted by molar-refractivity contribution is 0.145. The second-order valence-electron chi connectivity index (χ2n) is 4.48. The van der Waals surface area contributed by atoms with E-state index in [9.17, 15) is 0 Å². The summed E-state index contributed by atoms with van der Waals surface area (Å²) < 4.78 is 5.28. The first-order valence-electron chi connectivity index (χ1n) is 6.34. The molecule has 3 nitrogen and oxygen atoms in total. The number of piperidine rings is 1. The smallest absolute Gasteiger partial charge is 0.168 e. The Balaban J connectivity index is 2.09. The summed E-state index contributed by atoms with van der Waals surface area (Å²) in [5, 5.41) is 4.23. The van der Waals surface area contributed by atoms with E-state index < -0.39 is 0 Å². The van der Waals surface area contributed by atoms with Gasteiger partial charge in [0.1, 0.15) is 0 Å². The molecular formula is C12H24N2OS. The van der Waals surface area contributed by atoms with Crippen LogP contribution in [-0.4, -0.2) is 42.9 Å². The van der Waals surface area contributed by atoms with Crippen molar-refractivity contribution in [2.24, 2.45) is 5.92 Å². The first-order chi connectivity index (χ1) is 7.74. The SMILES string of the molecule is CCOCCCNC(=S)N1CCCC(C)C1. The fourth-order valence-corrected chi connectivity index (χ4v) is 2.27. The summed E-state index contributed by atoms with van der Waals surface area (Å²) in [6, 6.07) is 0. The van der Waals surface area contributed by atoms with E-state index in [4.69, 9.17) is 17.0 Å². The number of hydrogen-bond acceptors (Lipinski definition) is 2. The third kappa shape index (κ3) is 5.12. The second kappa shape index (κ2) is 7.85. The first-order valence-corrected chi connectivity index (χ1v) is 6.75. The molecule has 1 rings (SSSR count). The molecule has 4 heteroatoms. The molecule has 1 N–H and O–H groups in total. The van der Waals surface area contributed by atoms with Crippen molar-refractivity contribution in [2.45, 2.75) is 33.1 Å². The Bertz CT molecular complexity index is 211. The topological polar surface area (TPSA) is 24.5 Å². The zero-order chi connectivity index (χ0) is 11.8. The molecule has 0 radical (unpaired) electrons. The van der Waals surface area contributed by atoms with Gasteiger partial charge in [-0.15, -0.1) is 0 Å². The molecule has 0 amide bonds. The van der Waals surface area contributed by atoms with Gasteiger partial charge in [0.25, 0.3) is 0 Å². The van der Waals surface area contributed by atoms with E-state index in [0.29, 0.717) is 0 Å². The van der Waals surface area contributed by atoms with Crippen molar-refractivity contribution in [3.05, 3.63) is 0 Å². The Morgan fingerprint density at radius 2 is 2.38 bits per heavy atom. The van der Waals surface area contributed by atoms with Gasteiger partial charge in [-0.1, -0.05) is 6.92 Å². The quantitative estimate of drug-likeness (QED) is 0.591. The minimum absolute atomic E-state index is 0.775. The van der Waals surface area contributed by atoms with Crippen LogP contribution in [0.1, 0.15) is 33.1 Å². The van der Waals surface area contributed by atoms with Gasteiger partial charge in [0.05, 0.1) is 0 Å². The molecule has 0 spiro atoms. The highest BCUT2D eigenvalue weighted by Gasteiger charge is 2.17. The van der Waals surface area contributed by atoms with Gasteiger partial charge in [-0.3, -0.25) is 0 Å². The number of ether oxygens (including phenoxy) is 1. The summed E-state index contributed by atoms with van der Waals surface area (Å²) in [5.74, 6) is 0.775. The Morgan fingerprint density at radius 3 is 3.06 bits per heavy atom. The summed E-state index contributed by atoms with van der Waals surface area (Å²) in [4.78, 5) is 2.30. The van der Waals surface area contributed by atoms with E-state index in [1.54, 1.807) is 0 Å². The van der Waals surface area contributed by atoms with E-state index in [0.717, 1.165) is 50.3 Å². The van der Waals surface area contributed by atoms with Crippen molar-refractivity contribution < 1.29 is 4.74 Å². The highest BCUT2D eigenvalue weighted by atomic mass is 32.1. The number of thiocarbonyl (C=S) groups is 1. The van der Waals surface area contributed by atoms with Crippen LogP contribution < -0.4 is 5.32 Å². The van der Waals surface area contributed by atoms with Crippen LogP contribution in [0, 0.1) is 5.92 Å². The maximum Gasteiger partial charge on any atom is 0.168 e. The normalized spacial score (nSPS) is 20.9. The van der Waals surface area contributed by atoms with Gasteiger partial charge in [-0.05, 0) is 44.3 Å². The number of nitrogens with zero attached hydrogens (tertiary/aromatic N) is 1. The number of rotatable bonds is 5. The molecule has 94 valence electrons. The molecule has 1 saturated heterocycles. The van der Waals surface area contributed by atoms with Crippen molar-refractivity contribution in [2.75, 3.05) is 32.8 Å². The lowest BCUT2D eigenvalue weighted by atomic mass is 10.0. The van der Waals surface area contributed by atoms with E-state index >= 15 is 0 Å². The lowest BCUT2D eigenvalue weighted by Crippen LogP contribution is -2.45. The van der Waals surface area contributed by atoms with Gasteiger partial charge in [0.15, 0.2) is 5.11 Å². The number of hydrogen-bond donors (Lipinski definition) is 1. The Kier molecular flexibility index (Phi) is 6.73. The van der Waals surface area contributed by atoms with E-state index in [-0.39, 0.29) is 0 Å². The predicted molar refractivity (Wildman–Crippen MR) is 71.7 cm³/mol. The summed E-state index contributed by atoms with van der Waals surface area (Å²) in [7, 11) is 0. The van der Waals surface area contributed by atoms with Crippen molar-refractivity contribution >= 4 is 17.3 Å². The molecule has 1 aliphatic rings. The zero-order valence-electron chi connectivity index (χ0n) is 10.5. The molecular weight excluding hydrogens is 220 g/mol. The van der Waals surface area contributed by atoms with Crippen LogP contribution >= 0.6 is 12.2 Å². The van der Waals surface area contributed by atoms with Crippen LogP contribution in [0.5, 0.6) is 0 Å². The highest BCUT2D eigenvalue weighted by molar-refractivity contribution is 7.80. The van der Waals surface area contributed by atoms with E-state index in [2.05, 4.69) is 17.1 Å². The third-order valence-corrected chi connectivity index (χ3v) is 3.29. The van der Waals surface area contributed by atoms with Crippen molar-refractivity contribution in [3.8, 4) is 0 Å². The molecule has 1 fully saturated rings. The molecule has 1 unspecified atom stereocenters. The average Bonchev–Trinajstić information content (AvgIpc) is 2.28. The van der Waals surface area contributed by atoms with Crippen molar-refractivity contribution in [1.82, 2.24) is 10.2 Å². The monoisotopic (exact) mass is 244 g/mol. The fraction of sp³-hybridized carbons (Fsp3) is 0.917. The molecule has 0 aromatic heterocycles. The number of likely N-dealkylation sites (tertiary alicyclic amines) is 1. The van der Waals surface area contributed by atoms with Crippen LogP contribution in [0.2, 0.25) is 0 Å². The Hall–Kier alpha value is -0.350. The standard InChI is InChI=1S/C12H24N2OS/c1-3-15-9-5-7-13-12(16)14-8-4-6-11(2)10-14/h11H,3-10H2,1-2H3,(H,13,16). The molecule has 16 heavy (non-hydrogen) atoms. The van der Waals surface area contributed by atoms with E-state index in [1.165, 1.54) is 12.8 Å². The summed E-state index contributed by atoms with van der Waals surface area (Å²) in [6.07, 6.45) is 3.63. The predicted octanol–water partition coefficient (Wildman–Crippen LogP) is 2.02. The molecule has 1 heterocycles. The molecule has 1 aliphatic heterocycles. The second-order valence-corrected chi connectivity index (χ2v) is 4.86. The molecule has 1 atom stereocenters. The molecule has 0 aliphatic carbocycles. The summed E-state index contributed by atoms with van der Waals surface area (Å²) >= 11 is 5.38. The third-order valence-electron chi connectivity index (χ3n) is 2.89. The Morgan fingerprint density at radius 1 is 1.56 bits per heavy atom. The van der Waals surface area contributed by atoms with Crippen LogP contribution in [0.3, 0.4) is 0 Å². The van der Waals surface area contributed by atoms with Gasteiger partial charge in [0, 0.05) is 32.8 Å². The first kappa shape index (κ1) is 13.7. The van der Waals surface area contributed by atoms with Crippen LogP contribution in [-0.2, 0) is 4.74 Å². The molecule has 0 saturated carbocycles. The largest absolute Gasteiger partial charge is 0.382 e. The summed E-state index contributed by atoms with van der Waals surface area (Å²) in [5.41, 5.74) is 0.